The van der Waals surface area contributed by atoms with E-state index in [0.717, 1.165) is 48.4 Å². The Morgan fingerprint density at radius 2 is 1.29 bits per heavy atom. The zero-order chi connectivity index (χ0) is 14.8. The van der Waals surface area contributed by atoms with E-state index in [0.29, 0.717) is 0 Å². The summed E-state index contributed by atoms with van der Waals surface area (Å²) in [5, 5.41) is 0. The van der Waals surface area contributed by atoms with Crippen LogP contribution in [0.15, 0.2) is 54.6 Å². The molecule has 0 N–H and O–H groups in total. The summed E-state index contributed by atoms with van der Waals surface area (Å²) in [5.41, 5.74) is 1.37. The Hall–Kier alpha value is -1.23. The normalized spacial score (nSPS) is 10.3. The van der Waals surface area contributed by atoms with E-state index < -0.39 is 0 Å². The van der Waals surface area contributed by atoms with E-state index in [1.807, 2.05) is 30.3 Å². The monoisotopic (exact) mass is 396 g/mol. The quantitative estimate of drug-likeness (QED) is 0.341. The van der Waals surface area contributed by atoms with Crippen LogP contribution in [0.5, 0.6) is 11.5 Å². The molecule has 2 rings (SSSR count). The average Bonchev–Trinajstić information content (AvgIpc) is 2.53. The third-order valence-electron chi connectivity index (χ3n) is 3.13. The lowest BCUT2D eigenvalue weighted by Gasteiger charge is -2.08. The van der Waals surface area contributed by atoms with Crippen LogP contribution < -0.4 is 9.47 Å². The summed E-state index contributed by atoms with van der Waals surface area (Å²) in [6.45, 7) is 1.48. The first kappa shape index (κ1) is 16.1. The summed E-state index contributed by atoms with van der Waals surface area (Å²) in [7, 11) is 0. The number of hydrogen-bond donors (Lipinski definition) is 0. The zero-order valence-corrected chi connectivity index (χ0v) is 14.3. The molecule has 0 atom stereocenters. The van der Waals surface area contributed by atoms with Crippen LogP contribution in [0.25, 0.3) is 0 Å². The second kappa shape index (κ2) is 9.66. The second-order valence-electron chi connectivity index (χ2n) is 4.80. The maximum Gasteiger partial charge on any atom is 0.119 e. The maximum atomic E-state index is 5.73. The number of halogens is 1. The summed E-state index contributed by atoms with van der Waals surface area (Å²) in [5.74, 6) is 1.89. The molecule has 2 aromatic rings. The standard InChI is InChI=1S/C18H21IO2/c19-13-12-16-8-10-18(11-9-16)21-15-5-4-14-20-17-6-2-1-3-7-17/h1-3,6-11H,4-5,12-15H2. The highest BCUT2D eigenvalue weighted by Crippen LogP contribution is 2.14. The molecule has 0 saturated carbocycles. The molecule has 2 nitrogen and oxygen atoms in total. The van der Waals surface area contributed by atoms with Gasteiger partial charge in [-0.25, -0.2) is 0 Å². The summed E-state index contributed by atoms with van der Waals surface area (Å²) in [6.07, 6.45) is 3.13. The van der Waals surface area contributed by atoms with Gasteiger partial charge in [-0.15, -0.1) is 0 Å². The van der Waals surface area contributed by atoms with Crippen molar-refractivity contribution in [3.8, 4) is 11.5 Å². The molecule has 0 saturated heterocycles. The molecule has 0 aliphatic heterocycles. The van der Waals surface area contributed by atoms with Crippen molar-refractivity contribution < 1.29 is 9.47 Å². The Bertz CT molecular complexity index is 496. The molecule has 0 amide bonds. The van der Waals surface area contributed by atoms with Gasteiger partial charge in [-0.3, -0.25) is 0 Å². The molecule has 21 heavy (non-hydrogen) atoms. The van der Waals surface area contributed by atoms with Crippen molar-refractivity contribution >= 4 is 22.6 Å². The molecule has 0 spiro atoms. The number of benzene rings is 2. The Labute approximate surface area is 140 Å². The van der Waals surface area contributed by atoms with E-state index in [-0.39, 0.29) is 0 Å². The third kappa shape index (κ3) is 6.38. The fraction of sp³-hybridized carbons (Fsp3) is 0.333. The highest BCUT2D eigenvalue weighted by Gasteiger charge is 1.96. The lowest BCUT2D eigenvalue weighted by molar-refractivity contribution is 0.266. The van der Waals surface area contributed by atoms with Crippen molar-refractivity contribution in [1.82, 2.24) is 0 Å². The Kier molecular flexibility index (Phi) is 7.43. The second-order valence-corrected chi connectivity index (χ2v) is 5.88. The molecule has 0 bridgehead atoms. The minimum absolute atomic E-state index is 0.738. The van der Waals surface area contributed by atoms with Gasteiger partial charge in [-0.05, 0) is 49.1 Å². The minimum Gasteiger partial charge on any atom is -0.494 e. The average molecular weight is 396 g/mol. The molecule has 0 radical (unpaired) electrons. The Morgan fingerprint density at radius 1 is 0.714 bits per heavy atom. The van der Waals surface area contributed by atoms with Gasteiger partial charge in [0, 0.05) is 4.43 Å². The SMILES string of the molecule is ICCc1ccc(OCCCCOc2ccccc2)cc1. The fourth-order valence-corrected chi connectivity index (χ4v) is 2.59. The molecule has 0 aliphatic rings. The first-order chi connectivity index (χ1) is 10.4. The molecule has 0 unspecified atom stereocenters. The van der Waals surface area contributed by atoms with Crippen molar-refractivity contribution in [2.45, 2.75) is 19.3 Å². The zero-order valence-electron chi connectivity index (χ0n) is 12.1. The number of alkyl halides is 1. The first-order valence-corrected chi connectivity index (χ1v) is 8.86. The van der Waals surface area contributed by atoms with Crippen molar-refractivity contribution in [3.63, 3.8) is 0 Å². The highest BCUT2D eigenvalue weighted by molar-refractivity contribution is 14.1. The lowest BCUT2D eigenvalue weighted by Crippen LogP contribution is -2.02. The van der Waals surface area contributed by atoms with Crippen LogP contribution in [-0.2, 0) is 6.42 Å². The first-order valence-electron chi connectivity index (χ1n) is 7.34. The van der Waals surface area contributed by atoms with Gasteiger partial charge in [-0.2, -0.15) is 0 Å². The number of aryl methyl sites for hydroxylation is 1. The topological polar surface area (TPSA) is 18.5 Å². The van der Waals surface area contributed by atoms with Crippen LogP contribution >= 0.6 is 22.6 Å². The Morgan fingerprint density at radius 3 is 1.86 bits per heavy atom. The van der Waals surface area contributed by atoms with Crippen LogP contribution in [0.3, 0.4) is 0 Å². The molecule has 112 valence electrons. The molecule has 3 heteroatoms. The molecule has 0 heterocycles. The van der Waals surface area contributed by atoms with Gasteiger partial charge in [0.1, 0.15) is 11.5 Å². The number of rotatable bonds is 9. The van der Waals surface area contributed by atoms with Gasteiger partial charge in [0.05, 0.1) is 13.2 Å². The van der Waals surface area contributed by atoms with Crippen LogP contribution in [0, 0.1) is 0 Å². The van der Waals surface area contributed by atoms with Gasteiger partial charge in [0.15, 0.2) is 0 Å². The van der Waals surface area contributed by atoms with Gasteiger partial charge in [0.25, 0.3) is 0 Å². The summed E-state index contributed by atoms with van der Waals surface area (Å²) >= 11 is 2.40. The molecular weight excluding hydrogens is 375 g/mol. The molecule has 2 aromatic carbocycles. The van der Waals surface area contributed by atoms with Gasteiger partial charge in [-0.1, -0.05) is 52.9 Å². The van der Waals surface area contributed by atoms with E-state index in [2.05, 4.69) is 46.9 Å². The largest absolute Gasteiger partial charge is 0.494 e. The van der Waals surface area contributed by atoms with Crippen molar-refractivity contribution in [2.24, 2.45) is 0 Å². The van der Waals surface area contributed by atoms with Crippen molar-refractivity contribution in [2.75, 3.05) is 17.6 Å². The van der Waals surface area contributed by atoms with E-state index >= 15 is 0 Å². The van der Waals surface area contributed by atoms with Crippen LogP contribution in [0.4, 0.5) is 0 Å². The van der Waals surface area contributed by atoms with Crippen LogP contribution in [0.2, 0.25) is 0 Å². The maximum absolute atomic E-state index is 5.73. The number of hydrogen-bond acceptors (Lipinski definition) is 2. The molecule has 0 aliphatic carbocycles. The van der Waals surface area contributed by atoms with Gasteiger partial charge in [0.2, 0.25) is 0 Å². The number of ether oxygens (including phenoxy) is 2. The molecule has 0 aromatic heterocycles. The number of unbranched alkanes of at least 4 members (excludes halogenated alkanes) is 1. The smallest absolute Gasteiger partial charge is 0.119 e. The third-order valence-corrected chi connectivity index (χ3v) is 3.67. The summed E-state index contributed by atoms with van der Waals surface area (Å²) in [4.78, 5) is 0. The Balaban J connectivity index is 1.57. The van der Waals surface area contributed by atoms with Crippen molar-refractivity contribution in [1.29, 1.82) is 0 Å². The number of para-hydroxylation sites is 1. The lowest BCUT2D eigenvalue weighted by atomic mass is 10.2. The van der Waals surface area contributed by atoms with E-state index in [9.17, 15) is 0 Å². The van der Waals surface area contributed by atoms with Crippen LogP contribution in [0.1, 0.15) is 18.4 Å². The van der Waals surface area contributed by atoms with E-state index in [1.165, 1.54) is 5.56 Å². The molecule has 0 fully saturated rings. The highest BCUT2D eigenvalue weighted by atomic mass is 127. The van der Waals surface area contributed by atoms with Gasteiger partial charge >= 0.3 is 0 Å². The summed E-state index contributed by atoms with van der Waals surface area (Å²) < 4.78 is 12.5. The predicted molar refractivity (Wildman–Crippen MR) is 95.7 cm³/mol. The predicted octanol–water partition coefficient (Wildman–Crippen LogP) is 4.90. The van der Waals surface area contributed by atoms with E-state index in [4.69, 9.17) is 9.47 Å². The fourth-order valence-electron chi connectivity index (χ4n) is 1.96. The van der Waals surface area contributed by atoms with Crippen LogP contribution in [-0.4, -0.2) is 17.6 Å². The summed E-state index contributed by atoms with van der Waals surface area (Å²) in [6, 6.07) is 18.3. The van der Waals surface area contributed by atoms with Crippen molar-refractivity contribution in [3.05, 3.63) is 60.2 Å². The molecular formula is C18H21IO2. The van der Waals surface area contributed by atoms with Gasteiger partial charge < -0.3 is 9.47 Å². The van der Waals surface area contributed by atoms with E-state index in [1.54, 1.807) is 0 Å². The minimum atomic E-state index is 0.738.